The summed E-state index contributed by atoms with van der Waals surface area (Å²) in [7, 11) is 0. The van der Waals surface area contributed by atoms with Gasteiger partial charge in [-0.15, -0.1) is 0 Å². The number of amides is 1. The molecule has 0 aromatic carbocycles. The predicted octanol–water partition coefficient (Wildman–Crippen LogP) is 0.509. The van der Waals surface area contributed by atoms with Crippen LogP contribution in [0.4, 0.5) is 0 Å². The van der Waals surface area contributed by atoms with Gasteiger partial charge >= 0.3 is 0 Å². The third kappa shape index (κ3) is 3.11. The van der Waals surface area contributed by atoms with Crippen molar-refractivity contribution < 1.29 is 4.79 Å². The first-order valence-electron chi connectivity index (χ1n) is 6.69. The molecule has 1 aromatic heterocycles. The second-order valence-electron chi connectivity index (χ2n) is 5.57. The zero-order chi connectivity index (χ0) is 13.9. The third-order valence-corrected chi connectivity index (χ3v) is 3.65. The van der Waals surface area contributed by atoms with Gasteiger partial charge < -0.3 is 11.1 Å². The Morgan fingerprint density at radius 1 is 1.53 bits per heavy atom. The highest BCUT2D eigenvalue weighted by atomic mass is 16.2. The van der Waals surface area contributed by atoms with Gasteiger partial charge in [0.05, 0.1) is 11.7 Å². The minimum atomic E-state index is -0.171. The lowest BCUT2D eigenvalue weighted by molar-refractivity contribution is -0.135. The summed E-state index contributed by atoms with van der Waals surface area (Å²) in [6.45, 7) is 6.11. The van der Waals surface area contributed by atoms with Crippen LogP contribution in [0.15, 0.2) is 24.4 Å². The first-order chi connectivity index (χ1) is 9.04. The highest BCUT2D eigenvalue weighted by Gasteiger charge is 2.40. The van der Waals surface area contributed by atoms with Crippen LogP contribution in [0.3, 0.4) is 0 Å². The first kappa shape index (κ1) is 14.0. The number of hydrogen-bond donors (Lipinski definition) is 2. The molecular formula is C14H22N4O. The molecule has 2 rings (SSSR count). The van der Waals surface area contributed by atoms with E-state index in [9.17, 15) is 4.79 Å². The van der Waals surface area contributed by atoms with Crippen LogP contribution in [0.25, 0.3) is 0 Å². The highest BCUT2D eigenvalue weighted by Crippen LogP contribution is 2.25. The van der Waals surface area contributed by atoms with Crippen LogP contribution in [-0.4, -0.2) is 40.5 Å². The van der Waals surface area contributed by atoms with E-state index in [1.54, 1.807) is 6.20 Å². The van der Waals surface area contributed by atoms with Gasteiger partial charge in [0.25, 0.3) is 0 Å². The minimum Gasteiger partial charge on any atom is -0.353 e. The van der Waals surface area contributed by atoms with Crippen molar-refractivity contribution in [3.8, 4) is 0 Å². The molecular weight excluding hydrogens is 240 g/mol. The average Bonchev–Trinajstić information content (AvgIpc) is 2.40. The van der Waals surface area contributed by atoms with Gasteiger partial charge in [-0.3, -0.25) is 14.7 Å². The molecule has 0 radical (unpaired) electrons. The molecule has 5 heteroatoms. The van der Waals surface area contributed by atoms with E-state index >= 15 is 0 Å². The third-order valence-electron chi connectivity index (χ3n) is 3.65. The minimum absolute atomic E-state index is 0.0701. The molecule has 104 valence electrons. The molecule has 1 fully saturated rings. The summed E-state index contributed by atoms with van der Waals surface area (Å²) in [5, 5.41) is 2.97. The van der Waals surface area contributed by atoms with Crippen LogP contribution in [0.5, 0.6) is 0 Å². The number of carbonyl (C=O) groups is 1. The molecule has 2 heterocycles. The van der Waals surface area contributed by atoms with E-state index in [1.807, 2.05) is 18.2 Å². The summed E-state index contributed by atoms with van der Waals surface area (Å²) >= 11 is 0. The molecule has 1 unspecified atom stereocenters. The van der Waals surface area contributed by atoms with E-state index in [0.29, 0.717) is 26.1 Å². The summed E-state index contributed by atoms with van der Waals surface area (Å²) in [6, 6.07) is 5.68. The number of nitrogens with zero attached hydrogens (tertiary/aromatic N) is 2. The molecule has 0 aliphatic carbocycles. The molecule has 3 N–H and O–H groups in total. The first-order valence-corrected chi connectivity index (χ1v) is 6.69. The van der Waals surface area contributed by atoms with Gasteiger partial charge in [-0.05, 0) is 38.9 Å². The Morgan fingerprint density at radius 3 is 2.95 bits per heavy atom. The fourth-order valence-electron chi connectivity index (χ4n) is 2.52. The maximum atomic E-state index is 12.0. The van der Waals surface area contributed by atoms with E-state index < -0.39 is 0 Å². The van der Waals surface area contributed by atoms with Gasteiger partial charge in [0, 0.05) is 24.8 Å². The second kappa shape index (κ2) is 5.67. The van der Waals surface area contributed by atoms with E-state index in [1.165, 1.54) is 0 Å². The van der Waals surface area contributed by atoms with Crippen molar-refractivity contribution in [1.29, 1.82) is 0 Å². The number of nitrogens with one attached hydrogen (secondary N) is 1. The number of hydrogen-bond acceptors (Lipinski definition) is 4. The van der Waals surface area contributed by atoms with Crippen molar-refractivity contribution in [2.24, 2.45) is 5.73 Å². The molecule has 1 atom stereocenters. The highest BCUT2D eigenvalue weighted by molar-refractivity contribution is 5.82. The molecule has 1 amide bonds. The molecule has 0 saturated carbocycles. The van der Waals surface area contributed by atoms with E-state index in [-0.39, 0.29) is 17.5 Å². The molecule has 1 aliphatic rings. The Labute approximate surface area is 114 Å². The van der Waals surface area contributed by atoms with Crippen LogP contribution < -0.4 is 11.1 Å². The van der Waals surface area contributed by atoms with Crippen LogP contribution >= 0.6 is 0 Å². The van der Waals surface area contributed by atoms with E-state index in [0.717, 1.165) is 5.69 Å². The Bertz CT molecular complexity index is 432. The number of pyridine rings is 1. The summed E-state index contributed by atoms with van der Waals surface area (Å²) in [6.07, 6.45) is 2.45. The molecule has 1 aliphatic heterocycles. The number of piperazine rings is 1. The normalized spacial score (nSPS) is 23.1. The average molecular weight is 262 g/mol. The SMILES string of the molecule is CC1(C)CNC(=O)C(CCN)N1Cc1ccccn1. The van der Waals surface area contributed by atoms with Crippen molar-refractivity contribution in [2.45, 2.75) is 38.4 Å². The fraction of sp³-hybridized carbons (Fsp3) is 0.571. The lowest BCUT2D eigenvalue weighted by Gasteiger charge is -2.47. The van der Waals surface area contributed by atoms with Gasteiger partial charge in [0.15, 0.2) is 0 Å². The lowest BCUT2D eigenvalue weighted by atomic mass is 9.94. The maximum Gasteiger partial charge on any atom is 0.237 e. The van der Waals surface area contributed by atoms with Crippen molar-refractivity contribution in [3.63, 3.8) is 0 Å². The van der Waals surface area contributed by atoms with Crippen LogP contribution in [-0.2, 0) is 11.3 Å². The number of nitrogens with two attached hydrogens (primary N) is 1. The standard InChI is InChI=1S/C14H22N4O/c1-14(2)10-17-13(19)12(6-7-15)18(14)9-11-5-3-4-8-16-11/h3-5,8,12H,6-7,9-10,15H2,1-2H3,(H,17,19). The summed E-state index contributed by atoms with van der Waals surface area (Å²) in [5.74, 6) is 0.0701. The second-order valence-corrected chi connectivity index (χ2v) is 5.57. The van der Waals surface area contributed by atoms with Gasteiger partial charge in [-0.25, -0.2) is 0 Å². The van der Waals surface area contributed by atoms with Crippen molar-refractivity contribution in [3.05, 3.63) is 30.1 Å². The summed E-state index contributed by atoms with van der Waals surface area (Å²) in [4.78, 5) is 18.6. The Morgan fingerprint density at radius 2 is 2.32 bits per heavy atom. The lowest BCUT2D eigenvalue weighted by Crippen LogP contribution is -2.65. The van der Waals surface area contributed by atoms with Gasteiger partial charge in [-0.1, -0.05) is 6.07 Å². The number of carbonyl (C=O) groups excluding carboxylic acids is 1. The molecule has 5 nitrogen and oxygen atoms in total. The van der Waals surface area contributed by atoms with Gasteiger partial charge in [0.1, 0.15) is 0 Å². The van der Waals surface area contributed by atoms with E-state index in [2.05, 4.69) is 29.0 Å². The fourth-order valence-corrected chi connectivity index (χ4v) is 2.52. The van der Waals surface area contributed by atoms with Crippen LogP contribution in [0.2, 0.25) is 0 Å². The van der Waals surface area contributed by atoms with Gasteiger partial charge in [0.2, 0.25) is 5.91 Å². The summed E-state index contributed by atoms with van der Waals surface area (Å²) < 4.78 is 0. The van der Waals surface area contributed by atoms with Crippen molar-refractivity contribution >= 4 is 5.91 Å². The smallest absolute Gasteiger partial charge is 0.237 e. The Kier molecular flexibility index (Phi) is 4.17. The van der Waals surface area contributed by atoms with Crippen LogP contribution in [0, 0.1) is 0 Å². The molecule has 1 aromatic rings. The quantitative estimate of drug-likeness (QED) is 0.829. The Hall–Kier alpha value is -1.46. The van der Waals surface area contributed by atoms with Gasteiger partial charge in [-0.2, -0.15) is 0 Å². The molecule has 19 heavy (non-hydrogen) atoms. The van der Waals surface area contributed by atoms with E-state index in [4.69, 9.17) is 5.73 Å². The zero-order valence-electron chi connectivity index (χ0n) is 11.6. The summed E-state index contributed by atoms with van der Waals surface area (Å²) in [5.41, 5.74) is 6.53. The zero-order valence-corrected chi connectivity index (χ0v) is 11.6. The van der Waals surface area contributed by atoms with Crippen molar-refractivity contribution in [1.82, 2.24) is 15.2 Å². The predicted molar refractivity (Wildman–Crippen MR) is 74.3 cm³/mol. The number of aromatic nitrogens is 1. The Balaban J connectivity index is 2.22. The molecule has 0 spiro atoms. The topological polar surface area (TPSA) is 71.2 Å². The maximum absolute atomic E-state index is 12.0. The largest absolute Gasteiger partial charge is 0.353 e. The molecule has 0 bridgehead atoms. The number of rotatable bonds is 4. The van der Waals surface area contributed by atoms with Crippen LogP contribution in [0.1, 0.15) is 26.0 Å². The van der Waals surface area contributed by atoms with Crippen molar-refractivity contribution in [2.75, 3.05) is 13.1 Å². The monoisotopic (exact) mass is 262 g/mol. The molecule has 1 saturated heterocycles.